The molecule has 1 atom stereocenters. The lowest BCUT2D eigenvalue weighted by molar-refractivity contribution is 0.723. The van der Waals surface area contributed by atoms with Crippen molar-refractivity contribution >= 4 is 0 Å². The van der Waals surface area contributed by atoms with Crippen molar-refractivity contribution in [1.29, 1.82) is 0 Å². The van der Waals surface area contributed by atoms with E-state index in [2.05, 4.69) is 17.5 Å². The van der Waals surface area contributed by atoms with Gasteiger partial charge in [-0.25, -0.2) is 0 Å². The molecule has 1 rings (SSSR count). The summed E-state index contributed by atoms with van der Waals surface area (Å²) in [5.74, 6) is 3.08. The molecular weight excluding hydrogens is 158 g/mol. The van der Waals surface area contributed by atoms with Crippen LogP contribution in [-0.4, -0.2) is 4.98 Å². The molecule has 1 heterocycles. The van der Waals surface area contributed by atoms with E-state index < -0.39 is 0 Å². The molecular formula is C12H13N. The van der Waals surface area contributed by atoms with E-state index in [1.54, 1.807) is 12.4 Å². The van der Waals surface area contributed by atoms with E-state index in [1.807, 2.05) is 18.2 Å². The van der Waals surface area contributed by atoms with Crippen molar-refractivity contribution in [3.05, 3.63) is 42.7 Å². The fourth-order valence-electron chi connectivity index (χ4n) is 1.32. The summed E-state index contributed by atoms with van der Waals surface area (Å²) in [6.45, 7) is 3.72. The molecule has 1 unspecified atom stereocenters. The maximum atomic E-state index is 5.30. The summed E-state index contributed by atoms with van der Waals surface area (Å²) in [6, 6.07) is 4.01. The van der Waals surface area contributed by atoms with Gasteiger partial charge in [-0.2, -0.15) is 0 Å². The topological polar surface area (TPSA) is 12.9 Å². The SMILES string of the molecule is C#CCC(CC=C)c1ccncc1. The normalized spacial score (nSPS) is 11.6. The summed E-state index contributed by atoms with van der Waals surface area (Å²) in [6.07, 6.45) is 12.5. The summed E-state index contributed by atoms with van der Waals surface area (Å²) >= 11 is 0. The molecule has 13 heavy (non-hydrogen) atoms. The third-order valence-electron chi connectivity index (χ3n) is 1.99. The number of aromatic nitrogens is 1. The average molecular weight is 171 g/mol. The molecule has 0 radical (unpaired) electrons. The molecule has 0 aromatic carbocycles. The van der Waals surface area contributed by atoms with E-state index >= 15 is 0 Å². The van der Waals surface area contributed by atoms with Crippen molar-refractivity contribution < 1.29 is 0 Å². The van der Waals surface area contributed by atoms with Gasteiger partial charge in [-0.15, -0.1) is 18.9 Å². The number of nitrogens with zero attached hydrogens (tertiary/aromatic N) is 1. The molecule has 0 spiro atoms. The number of pyridine rings is 1. The third-order valence-corrected chi connectivity index (χ3v) is 1.99. The number of hydrogen-bond donors (Lipinski definition) is 0. The Kier molecular flexibility index (Phi) is 3.78. The quantitative estimate of drug-likeness (QED) is 0.501. The van der Waals surface area contributed by atoms with Gasteiger partial charge in [0.05, 0.1) is 0 Å². The predicted molar refractivity (Wildman–Crippen MR) is 55.2 cm³/mol. The summed E-state index contributed by atoms with van der Waals surface area (Å²) in [5.41, 5.74) is 1.24. The van der Waals surface area contributed by atoms with Crippen LogP contribution in [0.4, 0.5) is 0 Å². The van der Waals surface area contributed by atoms with Crippen LogP contribution in [0, 0.1) is 12.3 Å². The molecule has 1 aromatic heterocycles. The molecule has 0 aliphatic carbocycles. The molecule has 0 saturated heterocycles. The highest BCUT2D eigenvalue weighted by molar-refractivity contribution is 5.18. The maximum absolute atomic E-state index is 5.30. The highest BCUT2D eigenvalue weighted by Crippen LogP contribution is 2.22. The molecule has 1 heteroatoms. The Labute approximate surface area is 79.5 Å². The van der Waals surface area contributed by atoms with Crippen LogP contribution in [0.25, 0.3) is 0 Å². The summed E-state index contributed by atoms with van der Waals surface area (Å²) in [4.78, 5) is 3.97. The minimum absolute atomic E-state index is 0.394. The first kappa shape index (κ1) is 9.54. The Morgan fingerprint density at radius 1 is 1.54 bits per heavy atom. The second kappa shape index (κ2) is 5.16. The Balaban J connectivity index is 2.76. The molecule has 0 amide bonds. The number of hydrogen-bond acceptors (Lipinski definition) is 1. The number of terminal acetylenes is 1. The third kappa shape index (κ3) is 2.76. The Bertz CT molecular complexity index is 295. The van der Waals surface area contributed by atoms with E-state index in [-0.39, 0.29) is 0 Å². The predicted octanol–water partition coefficient (Wildman–Crippen LogP) is 2.76. The fourth-order valence-corrected chi connectivity index (χ4v) is 1.32. The summed E-state index contributed by atoms with van der Waals surface area (Å²) in [7, 11) is 0. The molecule has 1 nitrogen and oxygen atoms in total. The van der Waals surface area contributed by atoms with Crippen LogP contribution in [-0.2, 0) is 0 Å². The van der Waals surface area contributed by atoms with E-state index in [4.69, 9.17) is 6.42 Å². The van der Waals surface area contributed by atoms with Crippen LogP contribution < -0.4 is 0 Å². The van der Waals surface area contributed by atoms with E-state index in [1.165, 1.54) is 5.56 Å². The van der Waals surface area contributed by atoms with Crippen molar-refractivity contribution in [2.24, 2.45) is 0 Å². The maximum Gasteiger partial charge on any atom is 0.0270 e. The first-order valence-corrected chi connectivity index (χ1v) is 4.32. The van der Waals surface area contributed by atoms with Gasteiger partial charge in [0.1, 0.15) is 0 Å². The molecule has 0 aliphatic heterocycles. The lowest BCUT2D eigenvalue weighted by Crippen LogP contribution is -1.96. The first-order chi connectivity index (χ1) is 6.38. The standard InChI is InChI=1S/C12H13N/c1-3-5-11(6-4-2)12-7-9-13-10-8-12/h1,4,7-11H,2,5-6H2. The molecule has 0 bridgehead atoms. The zero-order chi connectivity index (χ0) is 9.52. The zero-order valence-electron chi connectivity index (χ0n) is 7.61. The van der Waals surface area contributed by atoms with Gasteiger partial charge in [0, 0.05) is 18.8 Å². The Morgan fingerprint density at radius 2 is 2.23 bits per heavy atom. The first-order valence-electron chi connectivity index (χ1n) is 4.32. The van der Waals surface area contributed by atoms with Gasteiger partial charge >= 0.3 is 0 Å². The largest absolute Gasteiger partial charge is 0.265 e. The molecule has 0 saturated carbocycles. The van der Waals surface area contributed by atoms with E-state index in [9.17, 15) is 0 Å². The van der Waals surface area contributed by atoms with Crippen molar-refractivity contribution in [2.45, 2.75) is 18.8 Å². The van der Waals surface area contributed by atoms with Crippen molar-refractivity contribution in [1.82, 2.24) is 4.98 Å². The van der Waals surface area contributed by atoms with Gasteiger partial charge in [-0.05, 0) is 30.0 Å². The minimum atomic E-state index is 0.394. The van der Waals surface area contributed by atoms with Crippen molar-refractivity contribution in [3.8, 4) is 12.3 Å². The van der Waals surface area contributed by atoms with Crippen LogP contribution in [0.2, 0.25) is 0 Å². The Morgan fingerprint density at radius 3 is 2.77 bits per heavy atom. The monoisotopic (exact) mass is 171 g/mol. The van der Waals surface area contributed by atoms with Gasteiger partial charge in [0.15, 0.2) is 0 Å². The minimum Gasteiger partial charge on any atom is -0.265 e. The lowest BCUT2D eigenvalue weighted by Gasteiger charge is -2.11. The molecule has 66 valence electrons. The summed E-state index contributed by atoms with van der Waals surface area (Å²) < 4.78 is 0. The van der Waals surface area contributed by atoms with Gasteiger partial charge in [-0.3, -0.25) is 4.98 Å². The second-order valence-electron chi connectivity index (χ2n) is 2.91. The van der Waals surface area contributed by atoms with Crippen LogP contribution in [0.3, 0.4) is 0 Å². The molecule has 0 fully saturated rings. The van der Waals surface area contributed by atoms with Gasteiger partial charge in [0.2, 0.25) is 0 Å². The molecule has 0 aliphatic rings. The number of rotatable bonds is 4. The van der Waals surface area contributed by atoms with Gasteiger partial charge < -0.3 is 0 Å². The van der Waals surface area contributed by atoms with E-state index in [0.29, 0.717) is 5.92 Å². The summed E-state index contributed by atoms with van der Waals surface area (Å²) in [5, 5.41) is 0. The zero-order valence-corrected chi connectivity index (χ0v) is 7.61. The van der Waals surface area contributed by atoms with Crippen LogP contribution in [0.15, 0.2) is 37.2 Å². The van der Waals surface area contributed by atoms with Crippen LogP contribution in [0.5, 0.6) is 0 Å². The van der Waals surface area contributed by atoms with Gasteiger partial charge in [0.25, 0.3) is 0 Å². The lowest BCUT2D eigenvalue weighted by atomic mass is 9.94. The smallest absolute Gasteiger partial charge is 0.0270 e. The highest BCUT2D eigenvalue weighted by atomic mass is 14.6. The second-order valence-corrected chi connectivity index (χ2v) is 2.91. The molecule has 1 aromatic rings. The van der Waals surface area contributed by atoms with E-state index in [0.717, 1.165) is 12.8 Å². The Hall–Kier alpha value is -1.55. The average Bonchev–Trinajstić information content (AvgIpc) is 2.19. The van der Waals surface area contributed by atoms with Crippen LogP contribution in [0.1, 0.15) is 24.3 Å². The fraction of sp³-hybridized carbons (Fsp3) is 0.250. The highest BCUT2D eigenvalue weighted by Gasteiger charge is 2.07. The van der Waals surface area contributed by atoms with Crippen molar-refractivity contribution in [2.75, 3.05) is 0 Å². The van der Waals surface area contributed by atoms with Gasteiger partial charge in [-0.1, -0.05) is 6.08 Å². The molecule has 0 N–H and O–H groups in total. The van der Waals surface area contributed by atoms with Crippen molar-refractivity contribution in [3.63, 3.8) is 0 Å². The number of allylic oxidation sites excluding steroid dienone is 1. The van der Waals surface area contributed by atoms with Crippen LogP contribution >= 0.6 is 0 Å².